The van der Waals surface area contributed by atoms with Gasteiger partial charge in [-0.2, -0.15) is 5.26 Å². The molecule has 0 saturated heterocycles. The summed E-state index contributed by atoms with van der Waals surface area (Å²) in [6.07, 6.45) is 12.9. The summed E-state index contributed by atoms with van der Waals surface area (Å²) in [4.78, 5) is 23.7. The van der Waals surface area contributed by atoms with Gasteiger partial charge in [-0.1, -0.05) is 137 Å². The molecule has 1 N–H and O–H groups in total. The van der Waals surface area contributed by atoms with Crippen molar-refractivity contribution >= 4 is 96.0 Å². The van der Waals surface area contributed by atoms with Gasteiger partial charge < -0.3 is 10.0 Å². The van der Waals surface area contributed by atoms with Crippen LogP contribution in [-0.4, -0.2) is 11.1 Å². The van der Waals surface area contributed by atoms with Crippen molar-refractivity contribution in [2.45, 2.75) is 78.1 Å². The van der Waals surface area contributed by atoms with Gasteiger partial charge in [0.2, 0.25) is 0 Å². The standard InChI is InChI=1S/C58H52N2O2S4/c1-3-5-7-9-19-42-35-55(65-54(42)37-44(38-59)58(61)62)52-33-31-50(63-52)51-32-34-53(64-51)56-36-43(20-10-8-6-4-2)57(66-56)41-27-29-45(30-28-41)60(48-25-15-21-39-17-11-13-23-46(39)48)49-26-16-22-40-18-12-14-24-47(40)49/h11-18,21-37H,3-10,19-20H2,1-2H3,(H,61,62)/b44-37+. The Morgan fingerprint density at radius 2 is 1.06 bits per heavy atom. The first kappa shape index (κ1) is 45.1. The molecule has 0 fully saturated rings. The quantitative estimate of drug-likeness (QED) is 0.0498. The topological polar surface area (TPSA) is 64.3 Å². The highest BCUT2D eigenvalue weighted by Gasteiger charge is 2.21. The number of nitriles is 1. The fourth-order valence-corrected chi connectivity index (χ4v) is 13.4. The largest absolute Gasteiger partial charge is 0.477 e. The molecule has 4 nitrogen and oxygen atoms in total. The molecular weight excluding hydrogens is 885 g/mol. The van der Waals surface area contributed by atoms with Gasteiger partial charge in [-0.15, -0.1) is 45.3 Å². The molecule has 0 amide bonds. The average Bonchev–Trinajstić information content (AvgIpc) is 4.19. The van der Waals surface area contributed by atoms with Crippen LogP contribution < -0.4 is 4.90 Å². The van der Waals surface area contributed by atoms with E-state index < -0.39 is 5.97 Å². The van der Waals surface area contributed by atoms with Crippen molar-refractivity contribution in [2.75, 3.05) is 4.90 Å². The van der Waals surface area contributed by atoms with Gasteiger partial charge in [0.25, 0.3) is 0 Å². The maximum Gasteiger partial charge on any atom is 0.346 e. The summed E-state index contributed by atoms with van der Waals surface area (Å²) in [7, 11) is 0. The van der Waals surface area contributed by atoms with E-state index in [0.717, 1.165) is 69.4 Å². The Hall–Kier alpha value is -6.08. The third-order valence-electron chi connectivity index (χ3n) is 12.2. The van der Waals surface area contributed by atoms with E-state index in [9.17, 15) is 15.2 Å². The van der Waals surface area contributed by atoms with Crippen LogP contribution in [0.3, 0.4) is 0 Å². The molecule has 0 aliphatic heterocycles. The third kappa shape index (κ3) is 9.87. The maximum atomic E-state index is 11.8. The summed E-state index contributed by atoms with van der Waals surface area (Å²) in [5, 5.41) is 24.0. The molecule has 5 aromatic carbocycles. The predicted octanol–water partition coefficient (Wildman–Crippen LogP) is 18.6. The van der Waals surface area contributed by atoms with Crippen molar-refractivity contribution in [1.82, 2.24) is 0 Å². The molecular formula is C58H52N2O2S4. The summed E-state index contributed by atoms with van der Waals surface area (Å²) in [6.45, 7) is 4.48. The van der Waals surface area contributed by atoms with Gasteiger partial charge in [-0.05, 0) is 120 Å². The van der Waals surface area contributed by atoms with E-state index in [4.69, 9.17) is 0 Å². The number of aryl methyl sites for hydroxylation is 2. The fourth-order valence-electron chi connectivity index (χ4n) is 8.80. The lowest BCUT2D eigenvalue weighted by atomic mass is 10.0. The molecule has 330 valence electrons. The minimum atomic E-state index is -1.19. The SMILES string of the molecule is CCCCCCc1cc(-c2ccc(-c3ccc(-c4cc(CCCCCC)c(-c5ccc(N(c6cccc7ccccc67)c6cccc7ccccc67)cc5)s4)s3)s2)sc1/C=C(\C#N)C(=O)O. The van der Waals surface area contributed by atoms with Crippen molar-refractivity contribution in [2.24, 2.45) is 0 Å². The van der Waals surface area contributed by atoms with Gasteiger partial charge >= 0.3 is 5.97 Å². The molecule has 0 spiro atoms. The first-order valence-corrected chi connectivity index (χ1v) is 26.4. The average molecular weight is 937 g/mol. The molecule has 0 aliphatic rings. The second kappa shape index (κ2) is 21.0. The molecule has 0 atom stereocenters. The molecule has 4 aromatic heterocycles. The maximum absolute atomic E-state index is 11.8. The van der Waals surface area contributed by atoms with Crippen LogP contribution in [-0.2, 0) is 17.6 Å². The van der Waals surface area contributed by atoms with E-state index in [-0.39, 0.29) is 5.57 Å². The predicted molar refractivity (Wildman–Crippen MR) is 286 cm³/mol. The molecule has 8 heteroatoms. The Kier molecular flexibility index (Phi) is 14.4. The Morgan fingerprint density at radius 1 is 0.561 bits per heavy atom. The molecule has 9 aromatic rings. The van der Waals surface area contributed by atoms with Crippen molar-refractivity contribution in [3.8, 4) is 45.8 Å². The number of anilines is 3. The minimum absolute atomic E-state index is 0.227. The van der Waals surface area contributed by atoms with E-state index in [2.05, 4.69) is 164 Å². The van der Waals surface area contributed by atoms with Crippen molar-refractivity contribution < 1.29 is 9.90 Å². The van der Waals surface area contributed by atoms with Gasteiger partial charge in [0.15, 0.2) is 0 Å². The zero-order valence-electron chi connectivity index (χ0n) is 37.4. The van der Waals surface area contributed by atoms with Gasteiger partial charge in [0.05, 0.1) is 11.4 Å². The first-order valence-electron chi connectivity index (χ1n) is 23.1. The van der Waals surface area contributed by atoms with Crippen LogP contribution in [0.4, 0.5) is 17.1 Å². The minimum Gasteiger partial charge on any atom is -0.477 e. The van der Waals surface area contributed by atoms with Crippen molar-refractivity contribution in [3.63, 3.8) is 0 Å². The van der Waals surface area contributed by atoms with Crippen LogP contribution >= 0.6 is 45.3 Å². The van der Waals surface area contributed by atoms with Crippen LogP contribution in [0.25, 0.3) is 67.3 Å². The lowest BCUT2D eigenvalue weighted by Gasteiger charge is -2.28. The van der Waals surface area contributed by atoms with Crippen molar-refractivity contribution in [3.05, 3.63) is 167 Å². The number of nitrogens with zero attached hydrogens (tertiary/aromatic N) is 2. The number of aliphatic carboxylic acids is 1. The number of benzene rings is 5. The number of hydrogen-bond acceptors (Lipinski definition) is 7. The number of carboxylic acid groups (broad SMARTS) is 1. The smallest absolute Gasteiger partial charge is 0.346 e. The zero-order valence-corrected chi connectivity index (χ0v) is 40.7. The van der Waals surface area contributed by atoms with Gasteiger partial charge in [0.1, 0.15) is 11.6 Å². The number of rotatable bonds is 19. The van der Waals surface area contributed by atoms with Crippen LogP contribution in [0.15, 0.2) is 151 Å². The highest BCUT2D eigenvalue weighted by Crippen LogP contribution is 2.48. The van der Waals surface area contributed by atoms with E-state index in [1.807, 2.05) is 28.7 Å². The van der Waals surface area contributed by atoms with E-state index >= 15 is 0 Å². The summed E-state index contributed by atoms with van der Waals surface area (Å²) >= 11 is 7.11. The van der Waals surface area contributed by atoms with Crippen LogP contribution in [0.5, 0.6) is 0 Å². The number of unbranched alkanes of at least 4 members (excludes halogenated alkanes) is 6. The lowest BCUT2D eigenvalue weighted by Crippen LogP contribution is -2.11. The molecule has 66 heavy (non-hydrogen) atoms. The van der Waals surface area contributed by atoms with Gasteiger partial charge in [-0.3, -0.25) is 0 Å². The Labute approximate surface area is 404 Å². The van der Waals surface area contributed by atoms with Gasteiger partial charge in [-0.25, -0.2) is 4.79 Å². The molecule has 0 unspecified atom stereocenters. The summed E-state index contributed by atoms with van der Waals surface area (Å²) < 4.78 is 0. The normalized spacial score (nSPS) is 11.7. The number of carboxylic acids is 1. The first-order chi connectivity index (χ1) is 32.4. The number of fused-ring (bicyclic) bond motifs is 2. The molecule has 0 radical (unpaired) electrons. The molecule has 0 aliphatic carbocycles. The Bertz CT molecular complexity index is 3100. The van der Waals surface area contributed by atoms with E-state index in [1.54, 1.807) is 28.7 Å². The van der Waals surface area contributed by atoms with Crippen LogP contribution in [0.2, 0.25) is 0 Å². The Balaban J connectivity index is 1.03. The number of carbonyl (C=O) groups is 1. The monoisotopic (exact) mass is 936 g/mol. The summed E-state index contributed by atoms with van der Waals surface area (Å²) in [5.41, 5.74) is 6.99. The molecule has 0 bridgehead atoms. The van der Waals surface area contributed by atoms with Crippen molar-refractivity contribution in [1.29, 1.82) is 5.26 Å². The second-order valence-electron chi connectivity index (χ2n) is 16.8. The molecule has 0 saturated carbocycles. The third-order valence-corrected chi connectivity index (χ3v) is 17.3. The molecule has 4 heterocycles. The summed E-state index contributed by atoms with van der Waals surface area (Å²) in [5.74, 6) is -1.19. The Morgan fingerprint density at radius 3 is 1.61 bits per heavy atom. The number of thiophene rings is 4. The number of hydrogen-bond donors (Lipinski definition) is 1. The highest BCUT2D eigenvalue weighted by atomic mass is 32.1. The van der Waals surface area contributed by atoms with Crippen LogP contribution in [0.1, 0.15) is 81.2 Å². The second-order valence-corrected chi connectivity index (χ2v) is 21.1. The van der Waals surface area contributed by atoms with E-state index in [1.165, 1.54) is 89.2 Å². The highest BCUT2D eigenvalue weighted by molar-refractivity contribution is 7.29. The lowest BCUT2D eigenvalue weighted by molar-refractivity contribution is -0.132. The zero-order chi connectivity index (χ0) is 45.4. The fraction of sp³-hybridized carbons (Fsp3) is 0.207. The van der Waals surface area contributed by atoms with E-state index in [0.29, 0.717) is 0 Å². The van der Waals surface area contributed by atoms with Crippen LogP contribution in [0, 0.1) is 11.3 Å². The van der Waals surface area contributed by atoms with Gasteiger partial charge in [0, 0.05) is 55.5 Å². The molecule has 9 rings (SSSR count). The summed E-state index contributed by atoms with van der Waals surface area (Å²) in [6, 6.07) is 55.2.